The number of benzene rings is 2. The van der Waals surface area contributed by atoms with Crippen LogP contribution in [0.1, 0.15) is 15.9 Å². The molecular formula is C24H19N3O2S. The van der Waals surface area contributed by atoms with Gasteiger partial charge in [0.1, 0.15) is 5.03 Å². The monoisotopic (exact) mass is 413 g/mol. The number of aromatic nitrogens is 2. The summed E-state index contributed by atoms with van der Waals surface area (Å²) in [5, 5.41) is 3.58. The van der Waals surface area contributed by atoms with Crippen molar-refractivity contribution in [2.45, 2.75) is 16.5 Å². The molecule has 6 heteroatoms. The second kappa shape index (κ2) is 9.24. The van der Waals surface area contributed by atoms with E-state index in [-0.39, 0.29) is 11.5 Å². The van der Waals surface area contributed by atoms with Crippen molar-refractivity contribution >= 4 is 23.4 Å². The molecule has 0 bridgehead atoms. The first-order chi connectivity index (χ1) is 14.7. The van der Waals surface area contributed by atoms with Gasteiger partial charge >= 0.3 is 0 Å². The molecule has 1 amide bonds. The molecular weight excluding hydrogens is 394 g/mol. The fourth-order valence-corrected chi connectivity index (χ4v) is 3.83. The lowest BCUT2D eigenvalue weighted by molar-refractivity contribution is 0.102. The van der Waals surface area contributed by atoms with E-state index in [2.05, 4.69) is 10.3 Å². The van der Waals surface area contributed by atoms with Gasteiger partial charge in [-0.1, -0.05) is 48.2 Å². The van der Waals surface area contributed by atoms with Crippen LogP contribution in [0.25, 0.3) is 0 Å². The molecule has 0 saturated heterocycles. The molecule has 0 aliphatic heterocycles. The van der Waals surface area contributed by atoms with E-state index >= 15 is 0 Å². The lowest BCUT2D eigenvalue weighted by Gasteiger charge is -2.10. The molecule has 5 nitrogen and oxygen atoms in total. The van der Waals surface area contributed by atoms with Gasteiger partial charge in [0, 0.05) is 29.0 Å². The summed E-state index contributed by atoms with van der Waals surface area (Å²) in [6, 6.07) is 25.9. The molecule has 0 aliphatic carbocycles. The highest BCUT2D eigenvalue weighted by Gasteiger charge is 2.13. The summed E-state index contributed by atoms with van der Waals surface area (Å²) in [6.07, 6.45) is 3.44. The molecule has 4 aromatic rings. The number of nitrogens with zero attached hydrogens (tertiary/aromatic N) is 2. The molecule has 0 atom stereocenters. The van der Waals surface area contributed by atoms with Crippen LogP contribution < -0.4 is 10.9 Å². The van der Waals surface area contributed by atoms with Crippen molar-refractivity contribution < 1.29 is 4.79 Å². The van der Waals surface area contributed by atoms with Crippen LogP contribution in [0.5, 0.6) is 0 Å². The maximum absolute atomic E-state index is 12.8. The van der Waals surface area contributed by atoms with Gasteiger partial charge in [-0.05, 0) is 48.0 Å². The number of carbonyl (C=O) groups is 1. The van der Waals surface area contributed by atoms with Crippen molar-refractivity contribution in [1.82, 2.24) is 9.55 Å². The minimum atomic E-state index is -0.214. The van der Waals surface area contributed by atoms with Crippen molar-refractivity contribution in [3.05, 3.63) is 119 Å². The van der Waals surface area contributed by atoms with E-state index in [0.29, 0.717) is 22.8 Å². The molecule has 0 unspecified atom stereocenters. The maximum Gasteiger partial charge on any atom is 0.258 e. The molecule has 1 N–H and O–H groups in total. The Labute approximate surface area is 178 Å². The van der Waals surface area contributed by atoms with E-state index in [1.54, 1.807) is 35.2 Å². The van der Waals surface area contributed by atoms with Crippen LogP contribution in [0.4, 0.5) is 5.69 Å². The van der Waals surface area contributed by atoms with Crippen LogP contribution in [-0.2, 0) is 6.54 Å². The Kier molecular flexibility index (Phi) is 6.06. The highest BCUT2D eigenvalue weighted by molar-refractivity contribution is 7.99. The summed E-state index contributed by atoms with van der Waals surface area (Å²) in [4.78, 5) is 30.1. The smallest absolute Gasteiger partial charge is 0.258 e. The minimum absolute atomic E-state index is 0.0464. The first-order valence-corrected chi connectivity index (χ1v) is 10.2. The van der Waals surface area contributed by atoms with E-state index < -0.39 is 0 Å². The van der Waals surface area contributed by atoms with Gasteiger partial charge in [0.25, 0.3) is 11.5 Å². The van der Waals surface area contributed by atoms with Crippen LogP contribution in [0.2, 0.25) is 0 Å². The third-order valence-electron chi connectivity index (χ3n) is 4.44. The lowest BCUT2D eigenvalue weighted by atomic mass is 10.2. The zero-order chi connectivity index (χ0) is 20.8. The molecule has 2 heterocycles. The third-order valence-corrected chi connectivity index (χ3v) is 5.46. The topological polar surface area (TPSA) is 64.0 Å². The number of carbonyl (C=O) groups excluding carboxylic acids is 1. The molecule has 30 heavy (non-hydrogen) atoms. The van der Waals surface area contributed by atoms with Gasteiger partial charge in [-0.2, -0.15) is 0 Å². The third kappa shape index (κ3) is 4.85. The number of pyridine rings is 2. The molecule has 0 spiro atoms. The van der Waals surface area contributed by atoms with Gasteiger partial charge < -0.3 is 9.88 Å². The minimum Gasteiger partial charge on any atom is -0.322 e. The SMILES string of the molecule is O=C(Nc1ccc(Cn2ccccc2=O)cc1)c1cccnc1Sc1ccccc1. The quantitative estimate of drug-likeness (QED) is 0.498. The highest BCUT2D eigenvalue weighted by Crippen LogP contribution is 2.28. The summed E-state index contributed by atoms with van der Waals surface area (Å²) in [5.41, 5.74) is 2.13. The molecule has 4 rings (SSSR count). The summed E-state index contributed by atoms with van der Waals surface area (Å²) in [5.74, 6) is -0.214. The summed E-state index contributed by atoms with van der Waals surface area (Å²) in [7, 11) is 0. The zero-order valence-electron chi connectivity index (χ0n) is 16.1. The van der Waals surface area contributed by atoms with Crippen molar-refractivity contribution in [3.63, 3.8) is 0 Å². The van der Waals surface area contributed by atoms with Crippen molar-refractivity contribution in [2.75, 3.05) is 5.32 Å². The van der Waals surface area contributed by atoms with Gasteiger partial charge in [-0.15, -0.1) is 0 Å². The van der Waals surface area contributed by atoms with Crippen molar-refractivity contribution in [2.24, 2.45) is 0 Å². The molecule has 0 radical (unpaired) electrons. The molecule has 2 aromatic heterocycles. The average molecular weight is 414 g/mol. The van der Waals surface area contributed by atoms with Gasteiger partial charge in [-0.3, -0.25) is 9.59 Å². The largest absolute Gasteiger partial charge is 0.322 e. The maximum atomic E-state index is 12.8. The van der Waals surface area contributed by atoms with E-state index in [0.717, 1.165) is 10.5 Å². The summed E-state index contributed by atoms with van der Waals surface area (Å²) < 4.78 is 1.64. The van der Waals surface area contributed by atoms with Crippen LogP contribution in [0.3, 0.4) is 0 Å². The van der Waals surface area contributed by atoms with Gasteiger partial charge in [-0.25, -0.2) is 4.98 Å². The second-order valence-corrected chi connectivity index (χ2v) is 7.65. The van der Waals surface area contributed by atoms with E-state index in [4.69, 9.17) is 0 Å². The first kappa shape index (κ1) is 19.7. The van der Waals surface area contributed by atoms with Gasteiger partial charge in [0.05, 0.1) is 12.1 Å². The molecule has 148 valence electrons. The predicted molar refractivity (Wildman–Crippen MR) is 119 cm³/mol. The van der Waals surface area contributed by atoms with E-state index in [9.17, 15) is 9.59 Å². The van der Waals surface area contributed by atoms with Gasteiger partial charge in [0.15, 0.2) is 0 Å². The second-order valence-electron chi connectivity index (χ2n) is 6.59. The number of hydrogen-bond acceptors (Lipinski definition) is 4. The Hall–Kier alpha value is -3.64. The number of rotatable bonds is 6. The Morgan fingerprint density at radius 1 is 0.900 bits per heavy atom. The van der Waals surface area contributed by atoms with Crippen LogP contribution in [0.15, 0.2) is 112 Å². The van der Waals surface area contributed by atoms with Gasteiger partial charge in [0.2, 0.25) is 0 Å². The lowest BCUT2D eigenvalue weighted by Crippen LogP contribution is -2.18. The normalized spacial score (nSPS) is 10.5. The predicted octanol–water partition coefficient (Wildman–Crippen LogP) is 4.70. The first-order valence-electron chi connectivity index (χ1n) is 9.43. The van der Waals surface area contributed by atoms with Crippen molar-refractivity contribution in [3.8, 4) is 0 Å². The molecule has 0 saturated carbocycles. The number of anilines is 1. The Morgan fingerprint density at radius 3 is 2.43 bits per heavy atom. The number of hydrogen-bond donors (Lipinski definition) is 1. The van der Waals surface area contributed by atoms with Crippen LogP contribution >= 0.6 is 11.8 Å². The highest BCUT2D eigenvalue weighted by atomic mass is 32.2. The fraction of sp³-hybridized carbons (Fsp3) is 0.0417. The van der Waals surface area contributed by atoms with Crippen LogP contribution in [-0.4, -0.2) is 15.5 Å². The Bertz CT molecular complexity index is 1200. The van der Waals surface area contributed by atoms with Crippen molar-refractivity contribution in [1.29, 1.82) is 0 Å². The Balaban J connectivity index is 1.47. The summed E-state index contributed by atoms with van der Waals surface area (Å²) >= 11 is 1.45. The average Bonchev–Trinajstić information content (AvgIpc) is 2.78. The number of amides is 1. The summed E-state index contributed by atoms with van der Waals surface area (Å²) in [6.45, 7) is 0.481. The van der Waals surface area contributed by atoms with E-state index in [1.807, 2.05) is 60.7 Å². The van der Waals surface area contributed by atoms with Crippen LogP contribution in [0, 0.1) is 0 Å². The molecule has 0 fully saturated rings. The number of nitrogens with one attached hydrogen (secondary N) is 1. The van der Waals surface area contributed by atoms with E-state index in [1.165, 1.54) is 17.8 Å². The molecule has 2 aromatic carbocycles. The fourth-order valence-electron chi connectivity index (χ4n) is 2.93. The molecule has 0 aliphatic rings. The zero-order valence-corrected chi connectivity index (χ0v) is 16.9. The standard InChI is InChI=1S/C24H19N3O2S/c28-22-10-4-5-16-27(22)17-18-11-13-19(14-12-18)26-23(29)21-9-6-15-25-24(21)30-20-7-2-1-3-8-20/h1-16H,17H2,(H,26,29). The Morgan fingerprint density at radius 2 is 1.67 bits per heavy atom.